The fourth-order valence-electron chi connectivity index (χ4n) is 2.12. The van der Waals surface area contributed by atoms with Crippen LogP contribution in [0, 0.1) is 0 Å². The van der Waals surface area contributed by atoms with Crippen molar-refractivity contribution in [2.24, 2.45) is 0 Å². The van der Waals surface area contributed by atoms with Crippen LogP contribution in [0.25, 0.3) is 11.0 Å². The highest BCUT2D eigenvalue weighted by Gasteiger charge is 2.12. The van der Waals surface area contributed by atoms with Crippen molar-refractivity contribution in [3.05, 3.63) is 23.8 Å². The predicted octanol–water partition coefficient (Wildman–Crippen LogP) is 1.34. The second-order valence-electron chi connectivity index (χ2n) is 4.85. The Kier molecular flexibility index (Phi) is 4.68. The van der Waals surface area contributed by atoms with Crippen molar-refractivity contribution in [1.82, 2.24) is 20.3 Å². The summed E-state index contributed by atoms with van der Waals surface area (Å²) in [6.45, 7) is 4.82. The van der Waals surface area contributed by atoms with E-state index in [0.29, 0.717) is 12.0 Å². The van der Waals surface area contributed by atoms with Gasteiger partial charge in [-0.3, -0.25) is 4.79 Å². The van der Waals surface area contributed by atoms with Gasteiger partial charge in [0.2, 0.25) is 0 Å². The first-order valence-electron chi connectivity index (χ1n) is 6.90. The van der Waals surface area contributed by atoms with E-state index in [1.807, 2.05) is 19.9 Å². The zero-order valence-corrected chi connectivity index (χ0v) is 11.8. The maximum atomic E-state index is 12.1. The van der Waals surface area contributed by atoms with E-state index in [0.717, 1.165) is 24.0 Å². The van der Waals surface area contributed by atoms with Crippen LogP contribution in [-0.2, 0) is 6.54 Å². The number of hydrogen-bond donors (Lipinski definition) is 2. The molecule has 0 saturated carbocycles. The molecule has 1 unspecified atom stereocenters. The smallest absolute Gasteiger partial charge is 0.251 e. The standard InChI is InChI=1S/C14H20N4O2/c1-3-18-13-7-6-11(9-12(13)16-17-18)14(20)15-10(2)5-4-8-19/h6-7,9-10,19H,3-5,8H2,1-2H3,(H,15,20). The number of rotatable bonds is 6. The average Bonchev–Trinajstić information content (AvgIpc) is 2.87. The molecule has 1 aromatic carbocycles. The van der Waals surface area contributed by atoms with Crippen LogP contribution in [0.3, 0.4) is 0 Å². The van der Waals surface area contributed by atoms with E-state index in [1.165, 1.54) is 0 Å². The number of amides is 1. The van der Waals surface area contributed by atoms with Gasteiger partial charge in [-0.2, -0.15) is 0 Å². The number of aliphatic hydroxyl groups is 1. The molecule has 6 heteroatoms. The Hall–Kier alpha value is -1.95. The summed E-state index contributed by atoms with van der Waals surface area (Å²) in [7, 11) is 0. The van der Waals surface area contributed by atoms with Gasteiger partial charge in [0.1, 0.15) is 5.52 Å². The fraction of sp³-hybridized carbons (Fsp3) is 0.500. The Morgan fingerprint density at radius 3 is 3.00 bits per heavy atom. The van der Waals surface area contributed by atoms with Crippen molar-refractivity contribution in [2.75, 3.05) is 6.61 Å². The molecular weight excluding hydrogens is 256 g/mol. The molecule has 0 aliphatic heterocycles. The minimum Gasteiger partial charge on any atom is -0.396 e. The predicted molar refractivity (Wildman–Crippen MR) is 76.5 cm³/mol. The molecule has 1 amide bonds. The number of nitrogens with zero attached hydrogens (tertiary/aromatic N) is 3. The van der Waals surface area contributed by atoms with Gasteiger partial charge < -0.3 is 10.4 Å². The molecule has 0 spiro atoms. The van der Waals surface area contributed by atoms with E-state index in [1.54, 1.807) is 16.8 Å². The Morgan fingerprint density at radius 1 is 1.50 bits per heavy atom. The molecule has 1 aromatic heterocycles. The lowest BCUT2D eigenvalue weighted by Gasteiger charge is -2.13. The van der Waals surface area contributed by atoms with Crippen LogP contribution in [-0.4, -0.2) is 38.7 Å². The Balaban J connectivity index is 2.10. The maximum Gasteiger partial charge on any atom is 0.251 e. The summed E-state index contributed by atoms with van der Waals surface area (Å²) >= 11 is 0. The lowest BCUT2D eigenvalue weighted by atomic mass is 10.1. The highest BCUT2D eigenvalue weighted by atomic mass is 16.3. The lowest BCUT2D eigenvalue weighted by molar-refractivity contribution is 0.0936. The van der Waals surface area contributed by atoms with Gasteiger partial charge in [-0.1, -0.05) is 5.21 Å². The Labute approximate surface area is 117 Å². The van der Waals surface area contributed by atoms with Gasteiger partial charge in [-0.05, 0) is 44.9 Å². The van der Waals surface area contributed by atoms with Crippen LogP contribution in [0.2, 0.25) is 0 Å². The number of aliphatic hydroxyl groups excluding tert-OH is 1. The minimum absolute atomic E-state index is 0.0386. The normalized spacial score (nSPS) is 12.6. The molecule has 20 heavy (non-hydrogen) atoms. The molecule has 2 N–H and O–H groups in total. The van der Waals surface area contributed by atoms with Crippen LogP contribution in [0.15, 0.2) is 18.2 Å². The highest BCUT2D eigenvalue weighted by Crippen LogP contribution is 2.13. The topological polar surface area (TPSA) is 80.0 Å². The van der Waals surface area contributed by atoms with Gasteiger partial charge >= 0.3 is 0 Å². The number of carbonyl (C=O) groups excluding carboxylic acids is 1. The molecule has 1 heterocycles. The molecular formula is C14H20N4O2. The second-order valence-corrected chi connectivity index (χ2v) is 4.85. The monoisotopic (exact) mass is 276 g/mol. The van der Waals surface area contributed by atoms with Crippen molar-refractivity contribution in [3.8, 4) is 0 Å². The van der Waals surface area contributed by atoms with Gasteiger partial charge in [-0.15, -0.1) is 5.10 Å². The van der Waals surface area contributed by atoms with Crippen molar-refractivity contribution in [1.29, 1.82) is 0 Å². The molecule has 0 saturated heterocycles. The highest BCUT2D eigenvalue weighted by molar-refractivity contribution is 5.97. The van der Waals surface area contributed by atoms with Crippen LogP contribution in [0.4, 0.5) is 0 Å². The summed E-state index contributed by atoms with van der Waals surface area (Å²) in [5.74, 6) is -0.122. The number of benzene rings is 1. The van der Waals surface area contributed by atoms with Gasteiger partial charge in [0.15, 0.2) is 0 Å². The molecule has 0 aliphatic rings. The van der Waals surface area contributed by atoms with Crippen molar-refractivity contribution < 1.29 is 9.90 Å². The fourth-order valence-corrected chi connectivity index (χ4v) is 2.12. The zero-order chi connectivity index (χ0) is 14.5. The summed E-state index contributed by atoms with van der Waals surface area (Å²) in [5.41, 5.74) is 2.23. The summed E-state index contributed by atoms with van der Waals surface area (Å²) in [5, 5.41) is 19.8. The van der Waals surface area contributed by atoms with E-state index in [-0.39, 0.29) is 18.6 Å². The van der Waals surface area contributed by atoms with Gasteiger partial charge in [0.25, 0.3) is 5.91 Å². The van der Waals surface area contributed by atoms with Gasteiger partial charge in [0.05, 0.1) is 5.52 Å². The molecule has 0 aliphatic carbocycles. The third-order valence-electron chi connectivity index (χ3n) is 3.25. The first-order valence-corrected chi connectivity index (χ1v) is 6.90. The second kappa shape index (κ2) is 6.47. The van der Waals surface area contributed by atoms with E-state index in [2.05, 4.69) is 15.6 Å². The third-order valence-corrected chi connectivity index (χ3v) is 3.25. The number of carbonyl (C=O) groups is 1. The molecule has 108 valence electrons. The number of aryl methyl sites for hydroxylation is 1. The molecule has 2 aromatic rings. The number of nitrogens with one attached hydrogen (secondary N) is 1. The summed E-state index contributed by atoms with van der Waals surface area (Å²) in [6.07, 6.45) is 1.45. The molecule has 2 rings (SSSR count). The SMILES string of the molecule is CCn1nnc2cc(C(=O)NC(C)CCCO)ccc21. The molecule has 0 fully saturated rings. The van der Waals surface area contributed by atoms with Crippen molar-refractivity contribution >= 4 is 16.9 Å². The van der Waals surface area contributed by atoms with Crippen LogP contribution in [0.5, 0.6) is 0 Å². The van der Waals surface area contributed by atoms with Crippen LogP contribution in [0.1, 0.15) is 37.0 Å². The number of fused-ring (bicyclic) bond motifs is 1. The maximum absolute atomic E-state index is 12.1. The van der Waals surface area contributed by atoms with Gasteiger partial charge in [-0.25, -0.2) is 4.68 Å². The Morgan fingerprint density at radius 2 is 2.30 bits per heavy atom. The molecule has 0 radical (unpaired) electrons. The third kappa shape index (κ3) is 3.14. The molecule has 6 nitrogen and oxygen atoms in total. The van der Waals surface area contributed by atoms with E-state index >= 15 is 0 Å². The van der Waals surface area contributed by atoms with E-state index in [4.69, 9.17) is 5.11 Å². The molecule has 1 atom stereocenters. The largest absolute Gasteiger partial charge is 0.396 e. The summed E-state index contributed by atoms with van der Waals surface area (Å²) in [6, 6.07) is 5.44. The average molecular weight is 276 g/mol. The first-order chi connectivity index (χ1) is 9.65. The number of aromatic nitrogens is 3. The Bertz CT molecular complexity index is 594. The van der Waals surface area contributed by atoms with Gasteiger partial charge in [0, 0.05) is 24.8 Å². The lowest BCUT2D eigenvalue weighted by Crippen LogP contribution is -2.32. The summed E-state index contributed by atoms with van der Waals surface area (Å²) in [4.78, 5) is 12.1. The van der Waals surface area contributed by atoms with E-state index in [9.17, 15) is 4.79 Å². The van der Waals surface area contributed by atoms with E-state index < -0.39 is 0 Å². The van der Waals surface area contributed by atoms with Crippen molar-refractivity contribution in [2.45, 2.75) is 39.3 Å². The zero-order valence-electron chi connectivity index (χ0n) is 11.8. The van der Waals surface area contributed by atoms with Crippen molar-refractivity contribution in [3.63, 3.8) is 0 Å². The van der Waals surface area contributed by atoms with Crippen LogP contribution < -0.4 is 5.32 Å². The number of hydrogen-bond acceptors (Lipinski definition) is 4. The quantitative estimate of drug-likeness (QED) is 0.834. The minimum atomic E-state index is -0.122. The first kappa shape index (κ1) is 14.5. The molecule has 0 bridgehead atoms. The summed E-state index contributed by atoms with van der Waals surface area (Å²) < 4.78 is 1.79. The van der Waals surface area contributed by atoms with Crippen LogP contribution >= 0.6 is 0 Å².